The first-order valence-corrected chi connectivity index (χ1v) is 5.81. The van der Waals surface area contributed by atoms with Crippen LogP contribution < -0.4 is 0 Å². The highest BCUT2D eigenvalue weighted by atomic mass is 16.4. The highest BCUT2D eigenvalue weighted by molar-refractivity contribution is 5.70. The van der Waals surface area contributed by atoms with Crippen molar-refractivity contribution < 1.29 is 9.90 Å². The monoisotopic (exact) mass is 244 g/mol. The van der Waals surface area contributed by atoms with Crippen LogP contribution in [0.3, 0.4) is 0 Å². The highest BCUT2D eigenvalue weighted by Crippen LogP contribution is 2.26. The Morgan fingerprint density at radius 3 is 2.61 bits per heavy atom. The molecule has 0 saturated carbocycles. The predicted octanol–water partition coefficient (Wildman–Crippen LogP) is 2.56. The summed E-state index contributed by atoms with van der Waals surface area (Å²) in [4.78, 5) is 10.7. The maximum Gasteiger partial charge on any atom is 0.325 e. The first kappa shape index (κ1) is 12.4. The summed E-state index contributed by atoms with van der Waals surface area (Å²) < 4.78 is 1.51. The Morgan fingerprint density at radius 2 is 2.00 bits per heavy atom. The normalized spacial score (nSPS) is 10.6. The van der Waals surface area contributed by atoms with Crippen molar-refractivity contribution in [3.05, 3.63) is 41.2 Å². The molecule has 2 rings (SSSR count). The Balaban J connectivity index is 2.45. The molecule has 1 N–H and O–H groups in total. The molecule has 1 heterocycles. The van der Waals surface area contributed by atoms with Crippen LogP contribution in [0.5, 0.6) is 0 Å². The van der Waals surface area contributed by atoms with Crippen molar-refractivity contribution in [2.45, 2.75) is 27.3 Å². The van der Waals surface area contributed by atoms with Crippen LogP contribution in [0.2, 0.25) is 0 Å². The summed E-state index contributed by atoms with van der Waals surface area (Å²) in [5, 5.41) is 12.9. The van der Waals surface area contributed by atoms with Gasteiger partial charge in [-0.3, -0.25) is 9.48 Å². The van der Waals surface area contributed by atoms with Crippen LogP contribution >= 0.6 is 0 Å². The van der Waals surface area contributed by atoms with E-state index in [1.807, 2.05) is 6.92 Å². The third-order valence-corrected chi connectivity index (χ3v) is 3.06. The van der Waals surface area contributed by atoms with E-state index in [-0.39, 0.29) is 6.54 Å². The Labute approximate surface area is 106 Å². The van der Waals surface area contributed by atoms with Crippen molar-refractivity contribution in [3.8, 4) is 11.1 Å². The zero-order valence-electron chi connectivity index (χ0n) is 10.8. The number of aromatic nitrogens is 2. The zero-order chi connectivity index (χ0) is 13.3. The smallest absolute Gasteiger partial charge is 0.325 e. The van der Waals surface area contributed by atoms with Crippen LogP contribution in [0.1, 0.15) is 16.8 Å². The van der Waals surface area contributed by atoms with E-state index in [1.54, 1.807) is 6.20 Å². The number of nitrogens with zero attached hydrogens (tertiary/aromatic N) is 2. The van der Waals surface area contributed by atoms with Gasteiger partial charge in [-0.1, -0.05) is 23.8 Å². The van der Waals surface area contributed by atoms with Crippen molar-refractivity contribution >= 4 is 5.97 Å². The molecule has 0 aliphatic heterocycles. The minimum Gasteiger partial charge on any atom is -0.480 e. The third-order valence-electron chi connectivity index (χ3n) is 3.06. The lowest BCUT2D eigenvalue weighted by molar-refractivity contribution is -0.137. The van der Waals surface area contributed by atoms with Crippen molar-refractivity contribution in [1.29, 1.82) is 0 Å². The number of carbonyl (C=O) groups is 1. The van der Waals surface area contributed by atoms with Crippen LogP contribution in [0.15, 0.2) is 24.4 Å². The Hall–Kier alpha value is -2.10. The molecule has 4 nitrogen and oxygen atoms in total. The summed E-state index contributed by atoms with van der Waals surface area (Å²) in [7, 11) is 0. The second kappa shape index (κ2) is 4.64. The van der Waals surface area contributed by atoms with E-state index in [2.05, 4.69) is 37.1 Å². The molecular formula is C14H16N2O2. The van der Waals surface area contributed by atoms with Gasteiger partial charge in [0.25, 0.3) is 0 Å². The summed E-state index contributed by atoms with van der Waals surface area (Å²) in [5.74, 6) is -0.881. The lowest BCUT2D eigenvalue weighted by Crippen LogP contribution is -2.11. The fourth-order valence-corrected chi connectivity index (χ4v) is 2.11. The topological polar surface area (TPSA) is 55.1 Å². The SMILES string of the molecule is Cc1ccc(-c2cnn(CC(=O)O)c2C)c(C)c1. The molecule has 0 bridgehead atoms. The lowest BCUT2D eigenvalue weighted by Gasteiger charge is -2.07. The molecule has 0 amide bonds. The zero-order valence-corrected chi connectivity index (χ0v) is 10.8. The Kier molecular flexibility index (Phi) is 3.19. The van der Waals surface area contributed by atoms with Gasteiger partial charge in [0.15, 0.2) is 0 Å². The van der Waals surface area contributed by atoms with E-state index < -0.39 is 5.97 Å². The molecule has 0 saturated heterocycles. The number of carboxylic acid groups (broad SMARTS) is 1. The third kappa shape index (κ3) is 2.27. The largest absolute Gasteiger partial charge is 0.480 e. The standard InChI is InChI=1S/C14H16N2O2/c1-9-4-5-12(10(2)6-9)13-7-15-16(11(13)3)8-14(17)18/h4-7H,8H2,1-3H3,(H,17,18). The molecule has 94 valence electrons. The minimum atomic E-state index is -0.881. The van der Waals surface area contributed by atoms with Gasteiger partial charge >= 0.3 is 5.97 Å². The average Bonchev–Trinajstić information content (AvgIpc) is 2.60. The van der Waals surface area contributed by atoms with E-state index in [1.165, 1.54) is 15.8 Å². The molecule has 0 spiro atoms. The summed E-state index contributed by atoms with van der Waals surface area (Å²) in [6.45, 7) is 5.90. The van der Waals surface area contributed by atoms with Crippen LogP contribution in [0.4, 0.5) is 0 Å². The quantitative estimate of drug-likeness (QED) is 0.902. The number of aryl methyl sites for hydroxylation is 2. The molecule has 0 unspecified atom stereocenters. The van der Waals surface area contributed by atoms with Crippen LogP contribution in [-0.4, -0.2) is 20.9 Å². The van der Waals surface area contributed by atoms with E-state index in [9.17, 15) is 4.79 Å². The van der Waals surface area contributed by atoms with Crippen LogP contribution in [-0.2, 0) is 11.3 Å². The van der Waals surface area contributed by atoms with Crippen LogP contribution in [0.25, 0.3) is 11.1 Å². The van der Waals surface area contributed by atoms with E-state index >= 15 is 0 Å². The molecule has 1 aromatic carbocycles. The number of hydrogen-bond donors (Lipinski definition) is 1. The van der Waals surface area contributed by atoms with Gasteiger partial charge in [0, 0.05) is 11.3 Å². The van der Waals surface area contributed by atoms with Gasteiger partial charge in [0.05, 0.1) is 6.20 Å². The maximum atomic E-state index is 10.7. The molecule has 18 heavy (non-hydrogen) atoms. The molecule has 2 aromatic rings. The fraction of sp³-hybridized carbons (Fsp3) is 0.286. The summed E-state index contributed by atoms with van der Waals surface area (Å²) in [5.41, 5.74) is 5.37. The van der Waals surface area contributed by atoms with Crippen molar-refractivity contribution in [2.24, 2.45) is 0 Å². The second-order valence-corrected chi connectivity index (χ2v) is 4.51. The number of hydrogen-bond acceptors (Lipinski definition) is 2. The van der Waals surface area contributed by atoms with Gasteiger partial charge in [-0.05, 0) is 31.9 Å². The first-order valence-electron chi connectivity index (χ1n) is 5.81. The summed E-state index contributed by atoms with van der Waals surface area (Å²) in [6, 6.07) is 6.22. The van der Waals surface area contributed by atoms with Crippen molar-refractivity contribution in [2.75, 3.05) is 0 Å². The van der Waals surface area contributed by atoms with Gasteiger partial charge in [-0.15, -0.1) is 0 Å². The number of carboxylic acids is 1. The Bertz CT molecular complexity index is 600. The minimum absolute atomic E-state index is 0.100. The number of rotatable bonds is 3. The predicted molar refractivity (Wildman–Crippen MR) is 69.5 cm³/mol. The Morgan fingerprint density at radius 1 is 1.28 bits per heavy atom. The molecule has 0 aliphatic rings. The summed E-state index contributed by atoms with van der Waals surface area (Å²) >= 11 is 0. The van der Waals surface area contributed by atoms with E-state index in [0.717, 1.165) is 16.8 Å². The number of aliphatic carboxylic acids is 1. The maximum absolute atomic E-state index is 10.7. The fourth-order valence-electron chi connectivity index (χ4n) is 2.11. The highest BCUT2D eigenvalue weighted by Gasteiger charge is 2.12. The molecule has 0 atom stereocenters. The molecular weight excluding hydrogens is 228 g/mol. The first-order chi connectivity index (χ1) is 8.49. The van der Waals surface area contributed by atoms with E-state index in [4.69, 9.17) is 5.11 Å². The van der Waals surface area contributed by atoms with Crippen molar-refractivity contribution in [3.63, 3.8) is 0 Å². The molecule has 0 fully saturated rings. The van der Waals surface area contributed by atoms with Crippen LogP contribution in [0, 0.1) is 20.8 Å². The lowest BCUT2D eigenvalue weighted by atomic mass is 9.99. The molecule has 0 radical (unpaired) electrons. The van der Waals surface area contributed by atoms with Gasteiger partial charge < -0.3 is 5.11 Å². The second-order valence-electron chi connectivity index (χ2n) is 4.51. The van der Waals surface area contributed by atoms with Gasteiger partial charge in [0.2, 0.25) is 0 Å². The molecule has 0 aliphatic carbocycles. The average molecular weight is 244 g/mol. The van der Waals surface area contributed by atoms with Crippen molar-refractivity contribution in [1.82, 2.24) is 9.78 Å². The summed E-state index contributed by atoms with van der Waals surface area (Å²) in [6.07, 6.45) is 1.73. The molecule has 4 heteroatoms. The van der Waals surface area contributed by atoms with Gasteiger partial charge in [0.1, 0.15) is 6.54 Å². The number of benzene rings is 1. The van der Waals surface area contributed by atoms with E-state index in [0.29, 0.717) is 0 Å². The van der Waals surface area contributed by atoms with Gasteiger partial charge in [-0.2, -0.15) is 5.10 Å². The molecule has 1 aromatic heterocycles. The van der Waals surface area contributed by atoms with Gasteiger partial charge in [-0.25, -0.2) is 0 Å².